The van der Waals surface area contributed by atoms with Crippen LogP contribution in [0.4, 0.5) is 0 Å². The lowest BCUT2D eigenvalue weighted by Gasteiger charge is -2.01. The van der Waals surface area contributed by atoms with Gasteiger partial charge < -0.3 is 9.15 Å². The van der Waals surface area contributed by atoms with E-state index in [0.29, 0.717) is 5.76 Å². The zero-order valence-corrected chi connectivity index (χ0v) is 12.2. The SMILES string of the molecule is Cc1ccc(C=C2N=C(c3ccccc3Br)OC2=O)o1. The number of nitrogens with zero attached hydrogens (tertiary/aromatic N) is 1. The maximum absolute atomic E-state index is 11.8. The molecular weight excluding hydrogens is 322 g/mol. The third kappa shape index (κ3) is 2.44. The van der Waals surface area contributed by atoms with E-state index in [0.717, 1.165) is 15.8 Å². The van der Waals surface area contributed by atoms with Crippen LogP contribution in [0.5, 0.6) is 0 Å². The average Bonchev–Trinajstić information content (AvgIpc) is 2.98. The van der Waals surface area contributed by atoms with E-state index in [1.165, 1.54) is 0 Å². The predicted molar refractivity (Wildman–Crippen MR) is 78.2 cm³/mol. The van der Waals surface area contributed by atoms with Crippen LogP contribution in [0.15, 0.2) is 56.0 Å². The fraction of sp³-hybridized carbons (Fsp3) is 0.0667. The molecule has 4 nitrogen and oxygen atoms in total. The summed E-state index contributed by atoms with van der Waals surface area (Å²) in [5.74, 6) is 1.16. The number of aliphatic imine (C=N–C) groups is 1. The molecule has 0 spiro atoms. The molecule has 1 aliphatic rings. The van der Waals surface area contributed by atoms with Gasteiger partial charge in [-0.05, 0) is 47.1 Å². The first-order valence-electron chi connectivity index (χ1n) is 5.97. The van der Waals surface area contributed by atoms with E-state index in [-0.39, 0.29) is 11.6 Å². The van der Waals surface area contributed by atoms with Gasteiger partial charge in [0.15, 0.2) is 5.70 Å². The Hall–Kier alpha value is -2.14. The second kappa shape index (κ2) is 5.09. The molecule has 0 saturated heterocycles. The van der Waals surface area contributed by atoms with Gasteiger partial charge in [-0.3, -0.25) is 0 Å². The molecule has 0 fully saturated rings. The van der Waals surface area contributed by atoms with Gasteiger partial charge in [0.2, 0.25) is 5.90 Å². The summed E-state index contributed by atoms with van der Waals surface area (Å²) in [6, 6.07) is 11.0. The van der Waals surface area contributed by atoms with Gasteiger partial charge in [0, 0.05) is 10.5 Å². The van der Waals surface area contributed by atoms with Crippen LogP contribution in [0.1, 0.15) is 17.1 Å². The number of benzene rings is 1. The number of rotatable bonds is 2. The minimum absolute atomic E-state index is 0.227. The van der Waals surface area contributed by atoms with Crippen molar-refractivity contribution in [1.82, 2.24) is 0 Å². The van der Waals surface area contributed by atoms with Gasteiger partial charge >= 0.3 is 5.97 Å². The van der Waals surface area contributed by atoms with Gasteiger partial charge in [-0.1, -0.05) is 12.1 Å². The zero-order chi connectivity index (χ0) is 14.1. The van der Waals surface area contributed by atoms with Crippen LogP contribution >= 0.6 is 15.9 Å². The van der Waals surface area contributed by atoms with E-state index in [2.05, 4.69) is 20.9 Å². The molecule has 1 aromatic carbocycles. The molecule has 1 aromatic heterocycles. The molecule has 0 aliphatic carbocycles. The van der Waals surface area contributed by atoms with E-state index >= 15 is 0 Å². The van der Waals surface area contributed by atoms with Crippen LogP contribution in [-0.2, 0) is 9.53 Å². The van der Waals surface area contributed by atoms with Crippen molar-refractivity contribution in [2.75, 3.05) is 0 Å². The van der Waals surface area contributed by atoms with E-state index in [4.69, 9.17) is 9.15 Å². The number of furan rings is 1. The summed E-state index contributed by atoms with van der Waals surface area (Å²) in [6.07, 6.45) is 1.57. The summed E-state index contributed by atoms with van der Waals surface area (Å²) >= 11 is 3.41. The highest BCUT2D eigenvalue weighted by Gasteiger charge is 2.25. The smallest absolute Gasteiger partial charge is 0.363 e. The number of carbonyl (C=O) groups is 1. The normalized spacial score (nSPS) is 16.4. The summed E-state index contributed by atoms with van der Waals surface area (Å²) in [4.78, 5) is 16.0. The lowest BCUT2D eigenvalue weighted by molar-refractivity contribution is -0.129. The Kier molecular flexibility index (Phi) is 3.28. The topological polar surface area (TPSA) is 51.8 Å². The third-order valence-electron chi connectivity index (χ3n) is 2.76. The Balaban J connectivity index is 1.97. The van der Waals surface area contributed by atoms with Crippen LogP contribution in [0.3, 0.4) is 0 Å². The van der Waals surface area contributed by atoms with Gasteiger partial charge in [-0.2, -0.15) is 0 Å². The Morgan fingerprint density at radius 1 is 1.20 bits per heavy atom. The Morgan fingerprint density at radius 3 is 2.70 bits per heavy atom. The summed E-state index contributed by atoms with van der Waals surface area (Å²) in [5.41, 5.74) is 0.963. The minimum atomic E-state index is -0.482. The highest BCUT2D eigenvalue weighted by atomic mass is 79.9. The number of esters is 1. The summed E-state index contributed by atoms with van der Waals surface area (Å²) in [7, 11) is 0. The standard InChI is InChI=1S/C15H10BrNO3/c1-9-6-7-10(19-9)8-13-15(18)20-14(17-13)11-4-2-3-5-12(11)16/h2-8H,1H3. The average molecular weight is 332 g/mol. The van der Waals surface area contributed by atoms with Crippen molar-refractivity contribution >= 4 is 33.9 Å². The highest BCUT2D eigenvalue weighted by Crippen LogP contribution is 2.24. The number of cyclic esters (lactones) is 1. The van der Waals surface area contributed by atoms with Crippen molar-refractivity contribution in [3.05, 3.63) is 63.7 Å². The van der Waals surface area contributed by atoms with Crippen molar-refractivity contribution in [3.8, 4) is 0 Å². The Morgan fingerprint density at radius 2 is 2.00 bits per heavy atom. The van der Waals surface area contributed by atoms with Crippen LogP contribution in [0.2, 0.25) is 0 Å². The maximum Gasteiger partial charge on any atom is 0.363 e. The van der Waals surface area contributed by atoms with E-state index < -0.39 is 5.97 Å². The van der Waals surface area contributed by atoms with Crippen LogP contribution in [0, 0.1) is 6.92 Å². The first-order chi connectivity index (χ1) is 9.63. The molecule has 1 aliphatic heterocycles. The Bertz CT molecular complexity index is 743. The first kappa shape index (κ1) is 12.9. The summed E-state index contributed by atoms with van der Waals surface area (Å²) < 4.78 is 11.4. The molecule has 0 amide bonds. The number of ether oxygens (including phenoxy) is 1. The summed E-state index contributed by atoms with van der Waals surface area (Å²) in [5, 5.41) is 0. The lowest BCUT2D eigenvalue weighted by Crippen LogP contribution is -2.05. The lowest BCUT2D eigenvalue weighted by atomic mass is 10.2. The second-order valence-corrected chi connectivity index (χ2v) is 5.12. The van der Waals surface area contributed by atoms with Crippen molar-refractivity contribution in [1.29, 1.82) is 0 Å². The molecule has 0 bridgehead atoms. The van der Waals surface area contributed by atoms with Crippen molar-refractivity contribution < 1.29 is 13.9 Å². The monoisotopic (exact) mass is 331 g/mol. The van der Waals surface area contributed by atoms with Gasteiger partial charge in [0.05, 0.1) is 5.56 Å². The maximum atomic E-state index is 11.8. The van der Waals surface area contributed by atoms with Gasteiger partial charge in [0.25, 0.3) is 0 Å². The van der Waals surface area contributed by atoms with Crippen LogP contribution in [0.25, 0.3) is 6.08 Å². The van der Waals surface area contributed by atoms with Gasteiger partial charge in [-0.15, -0.1) is 0 Å². The van der Waals surface area contributed by atoms with Gasteiger partial charge in [-0.25, -0.2) is 9.79 Å². The summed E-state index contributed by atoms with van der Waals surface area (Å²) in [6.45, 7) is 1.84. The zero-order valence-electron chi connectivity index (χ0n) is 10.6. The molecule has 0 radical (unpaired) electrons. The number of aryl methyl sites for hydroxylation is 1. The van der Waals surface area contributed by atoms with Crippen molar-refractivity contribution in [3.63, 3.8) is 0 Å². The largest absolute Gasteiger partial charge is 0.462 e. The van der Waals surface area contributed by atoms with Crippen molar-refractivity contribution in [2.24, 2.45) is 4.99 Å². The Labute approximate surface area is 123 Å². The molecule has 2 aromatic rings. The van der Waals surface area contributed by atoms with E-state index in [1.54, 1.807) is 12.1 Å². The van der Waals surface area contributed by atoms with Crippen LogP contribution in [-0.4, -0.2) is 11.9 Å². The van der Waals surface area contributed by atoms with Gasteiger partial charge in [0.1, 0.15) is 11.5 Å². The molecule has 5 heteroatoms. The van der Waals surface area contributed by atoms with Crippen LogP contribution < -0.4 is 0 Å². The number of carbonyl (C=O) groups excluding carboxylic acids is 1. The molecule has 3 rings (SSSR count). The molecular formula is C15H10BrNO3. The molecule has 0 atom stereocenters. The first-order valence-corrected chi connectivity index (χ1v) is 6.77. The molecule has 20 heavy (non-hydrogen) atoms. The highest BCUT2D eigenvalue weighted by molar-refractivity contribution is 9.10. The quantitative estimate of drug-likeness (QED) is 0.622. The number of hydrogen-bond donors (Lipinski definition) is 0. The predicted octanol–water partition coefficient (Wildman–Crippen LogP) is 3.70. The fourth-order valence-electron chi connectivity index (χ4n) is 1.82. The molecule has 0 unspecified atom stereocenters. The minimum Gasteiger partial charge on any atom is -0.462 e. The van der Waals surface area contributed by atoms with Crippen molar-refractivity contribution in [2.45, 2.75) is 6.92 Å². The van der Waals surface area contributed by atoms with E-state index in [1.807, 2.05) is 37.3 Å². The third-order valence-corrected chi connectivity index (χ3v) is 3.46. The molecule has 2 heterocycles. The second-order valence-electron chi connectivity index (χ2n) is 4.26. The molecule has 100 valence electrons. The fourth-order valence-corrected chi connectivity index (χ4v) is 2.28. The number of hydrogen-bond acceptors (Lipinski definition) is 4. The molecule has 0 saturated carbocycles. The van der Waals surface area contributed by atoms with E-state index in [9.17, 15) is 4.79 Å². The number of halogens is 1. The molecule has 0 N–H and O–H groups in total.